The lowest BCUT2D eigenvalue weighted by Crippen LogP contribution is -2.77. The molecule has 11 nitrogen and oxygen atoms in total. The molecule has 3 fully saturated rings. The third-order valence-electron chi connectivity index (χ3n) is 12.1. The Bertz CT molecular complexity index is 1770. The molecule has 2 aromatic carbocycles. The van der Waals surface area contributed by atoms with Crippen molar-refractivity contribution in [3.63, 3.8) is 0 Å². The van der Waals surface area contributed by atoms with Crippen molar-refractivity contribution in [2.45, 2.75) is 71.9 Å². The summed E-state index contributed by atoms with van der Waals surface area (Å²) >= 11 is 0. The molecule has 1 N–H and O–H groups in total. The summed E-state index contributed by atoms with van der Waals surface area (Å²) in [7, 11) is 1.34. The van der Waals surface area contributed by atoms with Crippen molar-refractivity contribution in [2.75, 3.05) is 62.7 Å². The van der Waals surface area contributed by atoms with Gasteiger partial charge in [0, 0.05) is 68.9 Å². The van der Waals surface area contributed by atoms with Crippen LogP contribution in [0.3, 0.4) is 0 Å². The van der Waals surface area contributed by atoms with Crippen molar-refractivity contribution in [1.82, 2.24) is 20.2 Å². The molecule has 3 aromatic rings. The Hall–Kier alpha value is -4.69. The molecule has 270 valence electrons. The van der Waals surface area contributed by atoms with E-state index in [4.69, 9.17) is 9.47 Å². The van der Waals surface area contributed by atoms with Crippen LogP contribution in [-0.2, 0) is 4.74 Å². The highest BCUT2D eigenvalue weighted by molar-refractivity contribution is 5.95. The van der Waals surface area contributed by atoms with Gasteiger partial charge in [-0.3, -0.25) is 9.69 Å². The van der Waals surface area contributed by atoms with E-state index >= 15 is 0 Å². The van der Waals surface area contributed by atoms with Gasteiger partial charge in [-0.05, 0) is 94.0 Å². The number of rotatable bonds is 9. The van der Waals surface area contributed by atoms with Crippen LogP contribution in [0.25, 0.3) is 0 Å². The molecule has 2 saturated heterocycles. The molecule has 1 aliphatic carbocycles. The van der Waals surface area contributed by atoms with Gasteiger partial charge in [-0.1, -0.05) is 13.8 Å². The first-order valence-corrected chi connectivity index (χ1v) is 18.0. The van der Waals surface area contributed by atoms with Gasteiger partial charge < -0.3 is 24.6 Å². The van der Waals surface area contributed by atoms with E-state index in [1.165, 1.54) is 13.3 Å². The van der Waals surface area contributed by atoms with Gasteiger partial charge in [0.1, 0.15) is 17.2 Å². The second kappa shape index (κ2) is 14.1. The molecular formula is C40H51N7O4. The predicted molar refractivity (Wildman–Crippen MR) is 197 cm³/mol. The second-order valence-corrected chi connectivity index (χ2v) is 15.5. The molecule has 0 bridgehead atoms. The van der Waals surface area contributed by atoms with Crippen molar-refractivity contribution >= 4 is 23.4 Å². The molecule has 1 aromatic heterocycles. The maximum Gasteiger partial charge on any atom is 0.358 e. The fourth-order valence-corrected chi connectivity index (χ4v) is 8.12. The van der Waals surface area contributed by atoms with E-state index in [0.29, 0.717) is 23.5 Å². The minimum Gasteiger partial charge on any atom is -0.487 e. The Balaban J connectivity index is 0.960. The van der Waals surface area contributed by atoms with Crippen molar-refractivity contribution in [2.24, 2.45) is 11.3 Å². The van der Waals surface area contributed by atoms with E-state index in [9.17, 15) is 14.9 Å². The lowest BCUT2D eigenvalue weighted by Gasteiger charge is -2.65. The maximum absolute atomic E-state index is 13.5. The summed E-state index contributed by atoms with van der Waals surface area (Å²) in [6, 6.07) is 14.2. The van der Waals surface area contributed by atoms with E-state index in [2.05, 4.69) is 75.9 Å². The van der Waals surface area contributed by atoms with Crippen LogP contribution >= 0.6 is 0 Å². The number of nitrogens with one attached hydrogen (secondary N) is 1. The normalized spacial score (nSPS) is 23.6. The summed E-state index contributed by atoms with van der Waals surface area (Å²) < 4.78 is 11.3. The summed E-state index contributed by atoms with van der Waals surface area (Å²) in [5.74, 6) is 1.65. The minimum atomic E-state index is -0.484. The van der Waals surface area contributed by atoms with Crippen LogP contribution in [0.4, 0.5) is 11.5 Å². The average Bonchev–Trinajstić information content (AvgIpc) is 3.12. The zero-order chi connectivity index (χ0) is 36.6. The van der Waals surface area contributed by atoms with Crippen LogP contribution < -0.4 is 19.9 Å². The number of hydrogen-bond acceptors (Lipinski definition) is 10. The standard InChI is InChI=1S/C40H51N7O4/c1-27-20-32(21-28(2)33(27)22-41)51-40(6)26-39(5,38(40,3)4)44-36(48)30-8-10-31(11-9-30)46-14-12-29(13-15-46)25-45-16-18-47(19-17-45)35-24-42-34(23-43-35)37(49)50-7/h8-11,20-21,23-24,29H,12-19,25-26H2,1-7H3,(H,44,48). The van der Waals surface area contributed by atoms with Gasteiger partial charge >= 0.3 is 5.97 Å². The first kappa shape index (κ1) is 36.1. The number of carbonyl (C=O) groups is 2. The molecule has 6 rings (SSSR count). The monoisotopic (exact) mass is 693 g/mol. The van der Waals surface area contributed by atoms with Crippen LogP contribution in [0.2, 0.25) is 0 Å². The number of hydrogen-bond donors (Lipinski definition) is 1. The van der Waals surface area contributed by atoms with Gasteiger partial charge in [-0.15, -0.1) is 0 Å². The number of methoxy groups -OCH3 is 1. The number of benzene rings is 2. The van der Waals surface area contributed by atoms with Crippen LogP contribution in [0, 0.1) is 36.5 Å². The molecule has 51 heavy (non-hydrogen) atoms. The lowest BCUT2D eigenvalue weighted by atomic mass is 9.48. The van der Waals surface area contributed by atoms with Crippen LogP contribution in [0.1, 0.15) is 84.5 Å². The van der Waals surface area contributed by atoms with Crippen LogP contribution in [0.5, 0.6) is 5.75 Å². The Morgan fingerprint density at radius 2 is 1.57 bits per heavy atom. The number of ether oxygens (including phenoxy) is 2. The summed E-state index contributed by atoms with van der Waals surface area (Å²) in [5.41, 5.74) is 3.25. The number of amides is 1. The van der Waals surface area contributed by atoms with Crippen molar-refractivity contribution in [3.05, 3.63) is 76.7 Å². The number of nitrogens with zero attached hydrogens (tertiary/aromatic N) is 6. The third-order valence-corrected chi connectivity index (χ3v) is 12.1. The first-order valence-electron chi connectivity index (χ1n) is 18.0. The zero-order valence-electron chi connectivity index (χ0n) is 31.1. The average molecular weight is 694 g/mol. The summed E-state index contributed by atoms with van der Waals surface area (Å²) in [6.07, 6.45) is 6.07. The van der Waals surface area contributed by atoms with Crippen LogP contribution in [-0.4, -0.2) is 90.8 Å². The number of piperazine rings is 1. The molecule has 2 atom stereocenters. The fraction of sp³-hybridized carbons (Fsp3) is 0.525. The van der Waals surface area contributed by atoms with E-state index in [1.54, 1.807) is 6.20 Å². The maximum atomic E-state index is 13.5. The van der Waals surface area contributed by atoms with Gasteiger partial charge in [-0.2, -0.15) is 5.26 Å². The molecule has 1 saturated carbocycles. The molecule has 2 unspecified atom stereocenters. The number of esters is 1. The van der Waals surface area contributed by atoms with E-state index in [0.717, 1.165) is 87.0 Å². The van der Waals surface area contributed by atoms with E-state index in [-0.39, 0.29) is 17.0 Å². The molecule has 3 heterocycles. The summed E-state index contributed by atoms with van der Waals surface area (Å²) in [4.78, 5) is 41.0. The SMILES string of the molecule is COC(=O)c1cnc(N2CCN(CC3CCN(c4ccc(C(=O)NC5(C)CC(C)(Oc6cc(C)c(C#N)c(C)c6)C5(C)C)cc4)CC3)CC2)cn1. The predicted octanol–water partition coefficient (Wildman–Crippen LogP) is 5.55. The highest BCUT2D eigenvalue weighted by atomic mass is 16.5. The Kier molecular flexibility index (Phi) is 10.0. The van der Waals surface area contributed by atoms with Gasteiger partial charge in [0.2, 0.25) is 0 Å². The third kappa shape index (κ3) is 7.11. The number of carbonyl (C=O) groups excluding carboxylic acids is 2. The van der Waals surface area contributed by atoms with Gasteiger partial charge in [0.15, 0.2) is 5.69 Å². The molecular weight excluding hydrogens is 642 g/mol. The van der Waals surface area contributed by atoms with Gasteiger partial charge in [0.25, 0.3) is 5.91 Å². The van der Waals surface area contributed by atoms with E-state index in [1.807, 2.05) is 38.1 Å². The smallest absolute Gasteiger partial charge is 0.358 e. The zero-order valence-corrected chi connectivity index (χ0v) is 31.1. The fourth-order valence-electron chi connectivity index (χ4n) is 8.12. The van der Waals surface area contributed by atoms with Gasteiger partial charge in [-0.25, -0.2) is 14.8 Å². The second-order valence-electron chi connectivity index (χ2n) is 15.5. The highest BCUT2D eigenvalue weighted by Gasteiger charge is 2.67. The van der Waals surface area contributed by atoms with E-state index < -0.39 is 17.1 Å². The molecule has 0 radical (unpaired) electrons. The Morgan fingerprint density at radius 3 is 2.12 bits per heavy atom. The number of nitriles is 1. The largest absolute Gasteiger partial charge is 0.487 e. The molecule has 2 aliphatic heterocycles. The summed E-state index contributed by atoms with van der Waals surface area (Å²) in [5, 5.41) is 12.8. The van der Waals surface area contributed by atoms with Crippen molar-refractivity contribution in [1.29, 1.82) is 5.26 Å². The molecule has 0 spiro atoms. The number of anilines is 2. The quantitative estimate of drug-likeness (QED) is 0.286. The molecule has 3 aliphatic rings. The summed E-state index contributed by atoms with van der Waals surface area (Å²) in [6.45, 7) is 19.2. The topological polar surface area (TPSA) is 124 Å². The Labute approximate surface area is 301 Å². The number of aromatic nitrogens is 2. The van der Waals surface area contributed by atoms with Gasteiger partial charge in [0.05, 0.1) is 36.7 Å². The Morgan fingerprint density at radius 1 is 0.922 bits per heavy atom. The lowest BCUT2D eigenvalue weighted by molar-refractivity contribution is -0.180. The highest BCUT2D eigenvalue weighted by Crippen LogP contribution is 2.58. The molecule has 11 heteroatoms. The minimum absolute atomic E-state index is 0.0757. The number of aryl methyl sites for hydroxylation is 2. The van der Waals surface area contributed by atoms with Crippen LogP contribution in [0.15, 0.2) is 48.8 Å². The first-order chi connectivity index (χ1) is 24.3. The number of piperidine rings is 1. The van der Waals surface area contributed by atoms with Crippen molar-refractivity contribution in [3.8, 4) is 11.8 Å². The van der Waals surface area contributed by atoms with Crippen molar-refractivity contribution < 1.29 is 19.1 Å². The molecule has 1 amide bonds.